The highest BCUT2D eigenvalue weighted by Crippen LogP contribution is 2.08. The van der Waals surface area contributed by atoms with Crippen LogP contribution in [0.3, 0.4) is 0 Å². The van der Waals surface area contributed by atoms with E-state index in [-0.39, 0.29) is 18.7 Å². The molecule has 0 aliphatic carbocycles. The molecule has 2 amide bonds. The topological polar surface area (TPSA) is 93.7 Å². The van der Waals surface area contributed by atoms with Gasteiger partial charge in [-0.2, -0.15) is 0 Å². The average Bonchev–Trinajstić information content (AvgIpc) is 2.22. The molecule has 7 heteroatoms. The van der Waals surface area contributed by atoms with Gasteiger partial charge in [-0.15, -0.1) is 0 Å². The fraction of sp³-hybridized carbons (Fsp3) is 0.800. The zero-order valence-corrected chi connectivity index (χ0v) is 14.5. The van der Waals surface area contributed by atoms with Gasteiger partial charge < -0.3 is 20.1 Å². The Balaban J connectivity index is 4.30. The second-order valence-corrected chi connectivity index (χ2v) is 7.03. The van der Waals surface area contributed by atoms with Crippen LogP contribution in [0, 0.1) is 0 Å². The highest BCUT2D eigenvalue weighted by molar-refractivity contribution is 5.85. The Labute approximate surface area is 132 Å². The molecule has 0 aromatic heterocycles. The quantitative estimate of drug-likeness (QED) is 0.812. The second kappa shape index (κ2) is 8.00. The molecule has 7 nitrogen and oxygen atoms in total. The summed E-state index contributed by atoms with van der Waals surface area (Å²) in [5, 5.41) is 5.03. The lowest BCUT2D eigenvalue weighted by atomic mass is 10.1. The minimum Gasteiger partial charge on any atom is -0.444 e. The van der Waals surface area contributed by atoms with Crippen molar-refractivity contribution >= 4 is 18.0 Å². The second-order valence-electron chi connectivity index (χ2n) is 7.03. The molecule has 0 aliphatic rings. The molecule has 2 N–H and O–H groups in total. The van der Waals surface area contributed by atoms with E-state index in [1.165, 1.54) is 6.92 Å². The van der Waals surface area contributed by atoms with E-state index < -0.39 is 29.4 Å². The Morgan fingerprint density at radius 1 is 0.909 bits per heavy atom. The van der Waals surface area contributed by atoms with Crippen molar-refractivity contribution in [2.24, 2.45) is 0 Å². The van der Waals surface area contributed by atoms with Gasteiger partial charge in [0, 0.05) is 6.54 Å². The van der Waals surface area contributed by atoms with Crippen molar-refractivity contribution in [2.75, 3.05) is 6.54 Å². The molecule has 128 valence electrons. The zero-order valence-electron chi connectivity index (χ0n) is 14.5. The molecule has 1 atom stereocenters. The van der Waals surface area contributed by atoms with E-state index in [0.717, 1.165) is 0 Å². The summed E-state index contributed by atoms with van der Waals surface area (Å²) in [5.74, 6) is -0.211. The van der Waals surface area contributed by atoms with Crippen LogP contribution in [-0.2, 0) is 14.3 Å². The standard InChI is InChI=1S/C15H28N2O5/c1-10(18)11(17-13(20)22-15(5,6)7)8-9-16-12(19)21-14(2,3)4/h11H,8-9H2,1-7H3,(H,16,19)(H,17,20)/t11-/m0/s1. The number of nitrogens with one attached hydrogen (secondary N) is 2. The van der Waals surface area contributed by atoms with Crippen molar-refractivity contribution in [3.8, 4) is 0 Å². The van der Waals surface area contributed by atoms with Gasteiger partial charge in [0.2, 0.25) is 0 Å². The molecular formula is C15H28N2O5. The first-order valence-electron chi connectivity index (χ1n) is 7.27. The molecule has 0 bridgehead atoms. The van der Waals surface area contributed by atoms with Gasteiger partial charge in [0.25, 0.3) is 0 Å². The monoisotopic (exact) mass is 316 g/mol. The lowest BCUT2D eigenvalue weighted by Crippen LogP contribution is -2.44. The number of ketones is 1. The summed E-state index contributed by atoms with van der Waals surface area (Å²) in [4.78, 5) is 34.7. The first kappa shape index (κ1) is 20.2. The third kappa shape index (κ3) is 10.9. The molecule has 0 saturated carbocycles. The van der Waals surface area contributed by atoms with Gasteiger partial charge in [0.05, 0.1) is 6.04 Å². The fourth-order valence-electron chi connectivity index (χ4n) is 1.46. The summed E-state index contributed by atoms with van der Waals surface area (Å²) < 4.78 is 10.2. The number of ether oxygens (including phenoxy) is 2. The lowest BCUT2D eigenvalue weighted by molar-refractivity contribution is -0.119. The van der Waals surface area contributed by atoms with E-state index in [0.29, 0.717) is 0 Å². The van der Waals surface area contributed by atoms with Crippen LogP contribution in [0.15, 0.2) is 0 Å². The first-order chi connectivity index (χ1) is 9.80. The predicted molar refractivity (Wildman–Crippen MR) is 82.7 cm³/mol. The van der Waals surface area contributed by atoms with E-state index in [4.69, 9.17) is 9.47 Å². The van der Waals surface area contributed by atoms with Crippen molar-refractivity contribution in [2.45, 2.75) is 72.1 Å². The van der Waals surface area contributed by atoms with Crippen LogP contribution in [0.25, 0.3) is 0 Å². The zero-order chi connectivity index (χ0) is 17.6. The van der Waals surface area contributed by atoms with Crippen molar-refractivity contribution in [1.29, 1.82) is 0 Å². The molecule has 0 radical (unpaired) electrons. The summed E-state index contributed by atoms with van der Waals surface area (Å²) in [5.41, 5.74) is -1.22. The molecule has 0 fully saturated rings. The minimum absolute atomic E-state index is 0.203. The number of hydrogen-bond donors (Lipinski definition) is 2. The van der Waals surface area contributed by atoms with E-state index in [1.807, 2.05) is 0 Å². The van der Waals surface area contributed by atoms with Gasteiger partial charge in [0.1, 0.15) is 11.2 Å². The van der Waals surface area contributed by atoms with Gasteiger partial charge >= 0.3 is 12.2 Å². The van der Waals surface area contributed by atoms with Crippen molar-refractivity contribution in [3.05, 3.63) is 0 Å². The molecule has 0 aromatic carbocycles. The van der Waals surface area contributed by atoms with Crippen LogP contribution in [0.2, 0.25) is 0 Å². The van der Waals surface area contributed by atoms with Crippen LogP contribution in [0.1, 0.15) is 54.9 Å². The van der Waals surface area contributed by atoms with Gasteiger partial charge in [-0.3, -0.25) is 4.79 Å². The maximum Gasteiger partial charge on any atom is 0.408 e. The normalized spacial score (nSPS) is 13.0. The molecule has 0 aromatic rings. The van der Waals surface area contributed by atoms with Crippen molar-refractivity contribution < 1.29 is 23.9 Å². The van der Waals surface area contributed by atoms with E-state index in [9.17, 15) is 14.4 Å². The molecule has 0 heterocycles. The molecule has 0 spiro atoms. The Kier molecular flexibility index (Phi) is 7.35. The van der Waals surface area contributed by atoms with Crippen LogP contribution >= 0.6 is 0 Å². The first-order valence-corrected chi connectivity index (χ1v) is 7.27. The molecule has 0 rings (SSSR count). The van der Waals surface area contributed by atoms with E-state index in [1.54, 1.807) is 41.5 Å². The number of carbonyl (C=O) groups is 3. The van der Waals surface area contributed by atoms with E-state index >= 15 is 0 Å². The number of alkyl carbamates (subject to hydrolysis) is 2. The number of amides is 2. The van der Waals surface area contributed by atoms with Gasteiger partial charge in [-0.1, -0.05) is 0 Å². The number of hydrogen-bond acceptors (Lipinski definition) is 5. The smallest absolute Gasteiger partial charge is 0.408 e. The largest absolute Gasteiger partial charge is 0.444 e. The summed E-state index contributed by atoms with van der Waals surface area (Å²) >= 11 is 0. The predicted octanol–water partition coefficient (Wildman–Crippen LogP) is 2.38. The van der Waals surface area contributed by atoms with Crippen molar-refractivity contribution in [3.63, 3.8) is 0 Å². The van der Waals surface area contributed by atoms with Crippen LogP contribution in [0.5, 0.6) is 0 Å². The average molecular weight is 316 g/mol. The Morgan fingerprint density at radius 3 is 1.77 bits per heavy atom. The van der Waals surface area contributed by atoms with E-state index in [2.05, 4.69) is 10.6 Å². The molecular weight excluding hydrogens is 288 g/mol. The number of Topliss-reactive ketones (excluding diaryl/α,β-unsaturated/α-hetero) is 1. The maximum atomic E-state index is 11.7. The van der Waals surface area contributed by atoms with Crippen molar-refractivity contribution in [1.82, 2.24) is 10.6 Å². The number of rotatable bonds is 5. The molecule has 0 aliphatic heterocycles. The van der Waals surface area contributed by atoms with Crippen LogP contribution in [-0.4, -0.2) is 41.8 Å². The molecule has 0 unspecified atom stereocenters. The van der Waals surface area contributed by atoms with Gasteiger partial charge in [0.15, 0.2) is 5.78 Å². The molecule has 22 heavy (non-hydrogen) atoms. The third-order valence-corrected chi connectivity index (χ3v) is 2.28. The Hall–Kier alpha value is -1.79. The van der Waals surface area contributed by atoms with Crippen LogP contribution < -0.4 is 10.6 Å². The van der Waals surface area contributed by atoms with Gasteiger partial charge in [-0.25, -0.2) is 9.59 Å². The minimum atomic E-state index is -0.718. The van der Waals surface area contributed by atoms with Crippen LogP contribution in [0.4, 0.5) is 9.59 Å². The molecule has 0 saturated heterocycles. The van der Waals surface area contributed by atoms with Gasteiger partial charge in [-0.05, 0) is 54.9 Å². The SMILES string of the molecule is CC(=O)[C@H](CCNC(=O)OC(C)(C)C)NC(=O)OC(C)(C)C. The Bertz CT molecular complexity index is 407. The number of carbonyl (C=O) groups excluding carboxylic acids is 3. The third-order valence-electron chi connectivity index (χ3n) is 2.28. The summed E-state index contributed by atoms with van der Waals surface area (Å²) in [6.07, 6.45) is -0.967. The highest BCUT2D eigenvalue weighted by Gasteiger charge is 2.22. The summed E-state index contributed by atoms with van der Waals surface area (Å²) in [7, 11) is 0. The lowest BCUT2D eigenvalue weighted by Gasteiger charge is -2.23. The summed E-state index contributed by atoms with van der Waals surface area (Å²) in [6.45, 7) is 12.1. The maximum absolute atomic E-state index is 11.7. The summed E-state index contributed by atoms with van der Waals surface area (Å²) in [6, 6.07) is -0.718. The fourth-order valence-corrected chi connectivity index (χ4v) is 1.46. The Morgan fingerprint density at radius 2 is 1.36 bits per heavy atom. The highest BCUT2D eigenvalue weighted by atomic mass is 16.6.